The number of aryl methyl sites for hydroxylation is 2. The number of nitrogens with zero attached hydrogens (tertiary/aromatic N) is 2. The lowest BCUT2D eigenvalue weighted by molar-refractivity contribution is 0.0873. The second-order valence-electron chi connectivity index (χ2n) is 17.0. The maximum Gasteiger partial charge on any atom is 0.268 e. The Bertz CT molecular complexity index is 2690. The van der Waals surface area contributed by atoms with Gasteiger partial charge < -0.3 is 10.6 Å². The molecular weight excluding hydrogens is 745 g/mol. The van der Waals surface area contributed by atoms with Crippen molar-refractivity contribution >= 4 is 68.5 Å². The average Bonchev–Trinajstić information content (AvgIpc) is 3.22. The fourth-order valence-electron chi connectivity index (χ4n) is 8.86. The zero-order valence-electron chi connectivity index (χ0n) is 35.7. The summed E-state index contributed by atoms with van der Waals surface area (Å²) in [4.78, 5) is 64.1. The number of rotatable bonds is 12. The molecule has 60 heavy (non-hydrogen) atoms. The molecule has 0 radical (unpaired) electrons. The van der Waals surface area contributed by atoms with Gasteiger partial charge in [-0.05, 0) is 102 Å². The first kappa shape index (κ1) is 40.2. The average molecular weight is 797 g/mol. The number of anilines is 6. The van der Waals surface area contributed by atoms with Gasteiger partial charge in [-0.15, -0.1) is 0 Å². The Hall–Kier alpha value is -6.54. The lowest BCUT2D eigenvalue weighted by Gasteiger charge is -2.37. The minimum absolute atomic E-state index is 0.00220. The van der Waals surface area contributed by atoms with Crippen LogP contribution in [0.15, 0.2) is 103 Å². The molecule has 2 aliphatic rings. The number of hydrogen-bond acceptors (Lipinski definition) is 6. The van der Waals surface area contributed by atoms with E-state index in [1.54, 1.807) is 12.1 Å². The number of para-hydroxylation sites is 3. The molecule has 2 heterocycles. The highest BCUT2D eigenvalue weighted by Crippen LogP contribution is 2.49. The first-order chi connectivity index (χ1) is 28.8. The van der Waals surface area contributed by atoms with Crippen LogP contribution in [-0.2, 0) is 6.42 Å². The first-order valence-corrected chi connectivity index (χ1v) is 21.2. The normalized spacial score (nSPS) is 13.7. The van der Waals surface area contributed by atoms with Gasteiger partial charge in [0.25, 0.3) is 23.6 Å². The molecule has 0 saturated heterocycles. The van der Waals surface area contributed by atoms with Gasteiger partial charge in [-0.2, -0.15) is 0 Å². The Morgan fingerprint density at radius 1 is 0.517 bits per heavy atom. The van der Waals surface area contributed by atoms with Crippen LogP contribution in [0.5, 0.6) is 0 Å². The molecule has 6 aromatic rings. The maximum absolute atomic E-state index is 15.5. The standard InChI is InChI=1S/C52H52N4O4/c1-9-10-17-33-23-25-35(26-24-33)54-42-27-39-43-44-40(50(58)56(52(60)46(42)44)48-37(30(4)5)21-15-22-38(48)31(6)7)28-41(53-34-18-12-11-13-19-34)45(43)51(59)55(49(39)57)47-32(8)16-14-20-36(47)29(2)3/h11-16,18-31,53-54H,9-10,17H2,1-8H3. The molecule has 4 amide bonds. The molecular formula is C52H52N4O4. The molecule has 2 N–H and O–H groups in total. The van der Waals surface area contributed by atoms with Crippen LogP contribution in [0.4, 0.5) is 34.1 Å². The van der Waals surface area contributed by atoms with Crippen molar-refractivity contribution in [2.75, 3.05) is 20.4 Å². The van der Waals surface area contributed by atoms with Crippen LogP contribution in [0.2, 0.25) is 0 Å². The van der Waals surface area contributed by atoms with E-state index in [2.05, 4.69) is 57.4 Å². The van der Waals surface area contributed by atoms with E-state index in [-0.39, 0.29) is 50.8 Å². The molecule has 0 saturated carbocycles. The number of unbranched alkanes of at least 4 members (excludes halogenated alkanes) is 1. The van der Waals surface area contributed by atoms with Crippen molar-refractivity contribution in [3.05, 3.63) is 153 Å². The molecule has 0 aliphatic carbocycles. The van der Waals surface area contributed by atoms with Gasteiger partial charge in [-0.1, -0.05) is 122 Å². The Balaban J connectivity index is 1.46. The molecule has 0 fully saturated rings. The van der Waals surface area contributed by atoms with Gasteiger partial charge in [-0.25, -0.2) is 9.80 Å². The van der Waals surface area contributed by atoms with Crippen molar-refractivity contribution in [1.29, 1.82) is 0 Å². The third-order valence-corrected chi connectivity index (χ3v) is 11.9. The molecule has 8 nitrogen and oxygen atoms in total. The Kier molecular flexibility index (Phi) is 10.7. The molecule has 8 rings (SSSR count). The SMILES string of the molecule is CCCCc1ccc(Nc2cc3c4c(c(Nc5ccccc5)cc5c4c2C(=O)N(c2c(C(C)C)cccc2C(C)C)C5=O)C(=O)N(c2c(C)cccc2C(C)C)C3=O)cc1. The largest absolute Gasteiger partial charge is 0.355 e. The van der Waals surface area contributed by atoms with Crippen LogP contribution in [0.25, 0.3) is 10.8 Å². The summed E-state index contributed by atoms with van der Waals surface area (Å²) < 4.78 is 0. The molecule has 8 heteroatoms. The number of hydrogen-bond donors (Lipinski definition) is 2. The topological polar surface area (TPSA) is 98.8 Å². The minimum atomic E-state index is -0.530. The van der Waals surface area contributed by atoms with Crippen LogP contribution in [0.3, 0.4) is 0 Å². The van der Waals surface area contributed by atoms with E-state index in [0.717, 1.165) is 47.2 Å². The Morgan fingerprint density at radius 2 is 0.967 bits per heavy atom. The van der Waals surface area contributed by atoms with Crippen molar-refractivity contribution in [2.45, 2.75) is 92.4 Å². The lowest BCUT2D eigenvalue weighted by Crippen LogP contribution is -2.45. The van der Waals surface area contributed by atoms with Gasteiger partial charge in [0.1, 0.15) is 0 Å². The van der Waals surface area contributed by atoms with Crippen molar-refractivity contribution < 1.29 is 19.2 Å². The predicted molar refractivity (Wildman–Crippen MR) is 244 cm³/mol. The zero-order valence-corrected chi connectivity index (χ0v) is 35.7. The van der Waals surface area contributed by atoms with Crippen molar-refractivity contribution in [1.82, 2.24) is 0 Å². The highest BCUT2D eigenvalue weighted by Gasteiger charge is 2.45. The van der Waals surface area contributed by atoms with E-state index < -0.39 is 23.6 Å². The number of imide groups is 2. The molecule has 0 aromatic heterocycles. The van der Waals surface area contributed by atoms with Gasteiger partial charge >= 0.3 is 0 Å². The van der Waals surface area contributed by atoms with Crippen molar-refractivity contribution in [2.24, 2.45) is 0 Å². The van der Waals surface area contributed by atoms with Crippen LogP contribution in [0, 0.1) is 6.92 Å². The zero-order chi connectivity index (χ0) is 42.6. The Morgan fingerprint density at radius 3 is 1.45 bits per heavy atom. The summed E-state index contributed by atoms with van der Waals surface area (Å²) in [5, 5.41) is 7.55. The van der Waals surface area contributed by atoms with Crippen LogP contribution >= 0.6 is 0 Å². The number of amides is 4. The van der Waals surface area contributed by atoms with Crippen molar-refractivity contribution in [3.63, 3.8) is 0 Å². The molecule has 6 aromatic carbocycles. The second-order valence-corrected chi connectivity index (χ2v) is 17.0. The van der Waals surface area contributed by atoms with Crippen LogP contribution in [-0.4, -0.2) is 23.6 Å². The van der Waals surface area contributed by atoms with Crippen LogP contribution in [0.1, 0.15) is 148 Å². The smallest absolute Gasteiger partial charge is 0.268 e. The highest BCUT2D eigenvalue weighted by molar-refractivity contribution is 6.45. The molecule has 304 valence electrons. The monoisotopic (exact) mass is 796 g/mol. The summed E-state index contributed by atoms with van der Waals surface area (Å²) in [5.41, 5.74) is 8.74. The summed E-state index contributed by atoms with van der Waals surface area (Å²) >= 11 is 0. The van der Waals surface area contributed by atoms with Gasteiger partial charge in [-0.3, -0.25) is 19.2 Å². The van der Waals surface area contributed by atoms with Gasteiger partial charge in [0.15, 0.2) is 0 Å². The van der Waals surface area contributed by atoms with Gasteiger partial charge in [0.2, 0.25) is 0 Å². The predicted octanol–water partition coefficient (Wildman–Crippen LogP) is 12.9. The molecule has 0 bridgehead atoms. The highest BCUT2D eigenvalue weighted by atomic mass is 16.2. The summed E-state index contributed by atoms with van der Waals surface area (Å²) in [7, 11) is 0. The summed E-state index contributed by atoms with van der Waals surface area (Å²) in [6.07, 6.45) is 3.11. The van der Waals surface area contributed by atoms with E-state index in [1.807, 2.05) is 99.6 Å². The third-order valence-electron chi connectivity index (χ3n) is 11.9. The summed E-state index contributed by atoms with van der Waals surface area (Å²) in [6.45, 7) is 16.4. The van der Waals surface area contributed by atoms with E-state index in [9.17, 15) is 0 Å². The maximum atomic E-state index is 15.5. The Labute approximate surface area is 352 Å². The van der Waals surface area contributed by atoms with Gasteiger partial charge in [0, 0.05) is 22.1 Å². The van der Waals surface area contributed by atoms with E-state index in [0.29, 0.717) is 28.4 Å². The number of benzene rings is 6. The second kappa shape index (κ2) is 15.9. The minimum Gasteiger partial charge on any atom is -0.355 e. The van der Waals surface area contributed by atoms with E-state index >= 15 is 19.2 Å². The fourth-order valence-corrected chi connectivity index (χ4v) is 8.86. The van der Waals surface area contributed by atoms with Crippen LogP contribution < -0.4 is 20.4 Å². The molecule has 0 spiro atoms. The molecule has 0 unspecified atom stereocenters. The molecule has 0 atom stereocenters. The van der Waals surface area contributed by atoms with E-state index in [4.69, 9.17) is 0 Å². The molecule has 2 aliphatic heterocycles. The third kappa shape index (κ3) is 6.74. The van der Waals surface area contributed by atoms with E-state index in [1.165, 1.54) is 15.4 Å². The number of carbonyl (C=O) groups excluding carboxylic acids is 4. The number of nitrogens with one attached hydrogen (secondary N) is 2. The first-order valence-electron chi connectivity index (χ1n) is 21.2. The summed E-state index contributed by atoms with van der Waals surface area (Å²) in [6, 6.07) is 32.7. The van der Waals surface area contributed by atoms with Gasteiger partial charge in [0.05, 0.1) is 45.0 Å². The quantitative estimate of drug-likeness (QED) is 0.120. The fraction of sp³-hybridized carbons (Fsp3) is 0.269. The summed E-state index contributed by atoms with van der Waals surface area (Å²) in [5.74, 6) is -2.10. The lowest BCUT2D eigenvalue weighted by atomic mass is 9.82. The number of carbonyl (C=O) groups is 4. The van der Waals surface area contributed by atoms with Crippen molar-refractivity contribution in [3.8, 4) is 0 Å².